The summed E-state index contributed by atoms with van der Waals surface area (Å²) in [5, 5.41) is 2.99. The number of hydrogen-bond acceptors (Lipinski definition) is 1. The van der Waals surface area contributed by atoms with Crippen LogP contribution in [0.25, 0.3) is 0 Å². The first-order valence-corrected chi connectivity index (χ1v) is 4.79. The maximum Gasteiger partial charge on any atom is 0.00276 e. The van der Waals surface area contributed by atoms with E-state index in [1.54, 1.807) is 0 Å². The van der Waals surface area contributed by atoms with E-state index in [2.05, 4.69) is 41.7 Å². The van der Waals surface area contributed by atoms with Crippen molar-refractivity contribution in [2.24, 2.45) is 0 Å². The molecule has 13 heavy (non-hydrogen) atoms. The maximum atomic E-state index is 2.99. The fourth-order valence-electron chi connectivity index (χ4n) is 1.27. The lowest BCUT2D eigenvalue weighted by Crippen LogP contribution is -1.91. The number of hydrogen-bond donors (Lipinski definition) is 1. The lowest BCUT2D eigenvalue weighted by molar-refractivity contribution is 0.838. The van der Waals surface area contributed by atoms with Gasteiger partial charge in [0.1, 0.15) is 0 Å². The maximum absolute atomic E-state index is 2.99. The lowest BCUT2D eigenvalue weighted by atomic mass is 10.1. The topological polar surface area (TPSA) is 12.0 Å². The molecule has 0 fully saturated rings. The number of allylic oxidation sites excluding steroid dienone is 1. The molecule has 0 heterocycles. The fraction of sp³-hybridized carbons (Fsp3) is 0.333. The summed E-state index contributed by atoms with van der Waals surface area (Å²) >= 11 is 0. The number of aryl methyl sites for hydroxylation is 1. The van der Waals surface area contributed by atoms with Crippen molar-refractivity contribution in [3.63, 3.8) is 0 Å². The third kappa shape index (κ3) is 4.36. The Bertz CT molecular complexity index is 239. The molecule has 1 nitrogen and oxygen atoms in total. The van der Waals surface area contributed by atoms with E-state index >= 15 is 0 Å². The Morgan fingerprint density at radius 2 is 2.00 bits per heavy atom. The molecule has 0 saturated carbocycles. The third-order valence-corrected chi connectivity index (χ3v) is 1.96. The van der Waals surface area contributed by atoms with Gasteiger partial charge in [-0.1, -0.05) is 36.4 Å². The normalized spacial score (nSPS) is 10.5. The Morgan fingerprint density at radius 3 is 2.69 bits per heavy atom. The lowest BCUT2D eigenvalue weighted by Gasteiger charge is -1.97. The minimum atomic E-state index is 1.15. The molecule has 0 aliphatic carbocycles. The van der Waals surface area contributed by atoms with Crippen molar-refractivity contribution in [2.75, 3.05) is 7.05 Å². The highest BCUT2D eigenvalue weighted by atomic mass is 14.8. The molecule has 0 unspecified atom stereocenters. The van der Waals surface area contributed by atoms with Crippen LogP contribution in [0.5, 0.6) is 0 Å². The molecule has 0 aromatic heterocycles. The molecule has 0 aliphatic rings. The van der Waals surface area contributed by atoms with Crippen LogP contribution in [0.4, 0.5) is 0 Å². The molecule has 0 saturated heterocycles. The summed E-state index contributed by atoms with van der Waals surface area (Å²) in [5.41, 5.74) is 1.43. The Hall–Kier alpha value is -1.24. The second kappa shape index (κ2) is 6.30. The Kier molecular flexibility index (Phi) is 4.77. The summed E-state index contributed by atoms with van der Waals surface area (Å²) in [4.78, 5) is 0. The smallest absolute Gasteiger partial charge is 0.00276 e. The van der Waals surface area contributed by atoms with Crippen LogP contribution in [0.1, 0.15) is 18.4 Å². The number of unbranched alkanes of at least 4 members (excludes halogenated alkanes) is 1. The molecule has 1 rings (SSSR count). The van der Waals surface area contributed by atoms with Crippen LogP contribution in [0, 0.1) is 0 Å². The van der Waals surface area contributed by atoms with E-state index in [0.29, 0.717) is 0 Å². The van der Waals surface area contributed by atoms with Crippen LogP contribution >= 0.6 is 0 Å². The first kappa shape index (κ1) is 9.85. The van der Waals surface area contributed by atoms with E-state index in [9.17, 15) is 0 Å². The molecular formula is C12H17N. The Labute approximate surface area is 80.5 Å². The molecule has 1 aromatic rings. The minimum Gasteiger partial charge on any atom is -0.394 e. The summed E-state index contributed by atoms with van der Waals surface area (Å²) in [6, 6.07) is 10.6. The van der Waals surface area contributed by atoms with E-state index < -0.39 is 0 Å². The van der Waals surface area contributed by atoms with Gasteiger partial charge in [-0.25, -0.2) is 0 Å². The minimum absolute atomic E-state index is 1.15. The largest absolute Gasteiger partial charge is 0.394 e. The number of benzene rings is 1. The average molecular weight is 175 g/mol. The van der Waals surface area contributed by atoms with Gasteiger partial charge in [0, 0.05) is 7.05 Å². The number of nitrogens with one attached hydrogen (secondary N) is 1. The first-order valence-electron chi connectivity index (χ1n) is 4.79. The second-order valence-electron chi connectivity index (χ2n) is 3.07. The predicted octanol–water partition coefficient (Wildman–Crippen LogP) is 2.74. The van der Waals surface area contributed by atoms with Crippen molar-refractivity contribution in [2.45, 2.75) is 19.3 Å². The molecule has 70 valence electrons. The third-order valence-electron chi connectivity index (χ3n) is 1.96. The highest BCUT2D eigenvalue weighted by Gasteiger charge is 1.88. The summed E-state index contributed by atoms with van der Waals surface area (Å²) in [6.07, 6.45) is 7.71. The molecular weight excluding hydrogens is 158 g/mol. The van der Waals surface area contributed by atoms with Crippen LogP contribution in [0.15, 0.2) is 42.6 Å². The standard InChI is InChI=1S/C12H17N/c1-13-11-7-3-6-10-12-8-4-2-5-9-12/h2,4-5,7-9,11,13H,3,6,10H2,1H3/b11-7+. The zero-order valence-corrected chi connectivity index (χ0v) is 8.16. The van der Waals surface area contributed by atoms with Gasteiger partial charge in [-0.05, 0) is 31.0 Å². The van der Waals surface area contributed by atoms with Crippen molar-refractivity contribution < 1.29 is 0 Å². The summed E-state index contributed by atoms with van der Waals surface area (Å²) in [6.45, 7) is 0. The highest BCUT2D eigenvalue weighted by Crippen LogP contribution is 2.04. The van der Waals surface area contributed by atoms with Gasteiger partial charge < -0.3 is 5.32 Å². The predicted molar refractivity (Wildman–Crippen MR) is 57.6 cm³/mol. The van der Waals surface area contributed by atoms with Gasteiger partial charge in [0.15, 0.2) is 0 Å². The summed E-state index contributed by atoms with van der Waals surface area (Å²) in [7, 11) is 1.92. The molecule has 0 aliphatic heterocycles. The zero-order chi connectivity index (χ0) is 9.36. The molecule has 0 spiro atoms. The Balaban J connectivity index is 2.17. The fourth-order valence-corrected chi connectivity index (χ4v) is 1.27. The second-order valence-corrected chi connectivity index (χ2v) is 3.07. The molecule has 1 heteroatoms. The molecule has 1 aromatic carbocycles. The molecule has 0 amide bonds. The van der Waals surface area contributed by atoms with Gasteiger partial charge in [0.05, 0.1) is 0 Å². The van der Waals surface area contributed by atoms with E-state index in [1.807, 2.05) is 13.2 Å². The zero-order valence-electron chi connectivity index (χ0n) is 8.16. The first-order chi connectivity index (χ1) is 6.43. The van der Waals surface area contributed by atoms with Crippen LogP contribution in [-0.4, -0.2) is 7.05 Å². The van der Waals surface area contributed by atoms with Gasteiger partial charge in [-0.2, -0.15) is 0 Å². The van der Waals surface area contributed by atoms with Gasteiger partial charge in [0.25, 0.3) is 0 Å². The van der Waals surface area contributed by atoms with Crippen molar-refractivity contribution in [3.05, 3.63) is 48.2 Å². The summed E-state index contributed by atoms with van der Waals surface area (Å²) < 4.78 is 0. The van der Waals surface area contributed by atoms with Crippen LogP contribution in [0.2, 0.25) is 0 Å². The molecule has 0 atom stereocenters. The SMILES string of the molecule is CN/C=C/CCCc1ccccc1. The molecule has 0 bridgehead atoms. The van der Waals surface area contributed by atoms with Crippen molar-refractivity contribution in [1.29, 1.82) is 0 Å². The van der Waals surface area contributed by atoms with Crippen LogP contribution in [0.3, 0.4) is 0 Å². The highest BCUT2D eigenvalue weighted by molar-refractivity contribution is 5.14. The molecule has 0 radical (unpaired) electrons. The van der Waals surface area contributed by atoms with E-state index in [1.165, 1.54) is 18.4 Å². The van der Waals surface area contributed by atoms with Gasteiger partial charge in [0.2, 0.25) is 0 Å². The van der Waals surface area contributed by atoms with E-state index in [-0.39, 0.29) is 0 Å². The monoisotopic (exact) mass is 175 g/mol. The summed E-state index contributed by atoms with van der Waals surface area (Å²) in [5.74, 6) is 0. The quantitative estimate of drug-likeness (QED) is 0.678. The van der Waals surface area contributed by atoms with Gasteiger partial charge >= 0.3 is 0 Å². The van der Waals surface area contributed by atoms with Crippen molar-refractivity contribution >= 4 is 0 Å². The van der Waals surface area contributed by atoms with Gasteiger partial charge in [-0.3, -0.25) is 0 Å². The Morgan fingerprint density at radius 1 is 1.23 bits per heavy atom. The average Bonchev–Trinajstić information content (AvgIpc) is 2.19. The number of rotatable bonds is 5. The van der Waals surface area contributed by atoms with Crippen molar-refractivity contribution in [3.8, 4) is 0 Å². The van der Waals surface area contributed by atoms with Crippen LogP contribution < -0.4 is 5.32 Å². The molecule has 1 N–H and O–H groups in total. The van der Waals surface area contributed by atoms with Gasteiger partial charge in [-0.15, -0.1) is 0 Å². The van der Waals surface area contributed by atoms with Crippen molar-refractivity contribution in [1.82, 2.24) is 5.32 Å². The van der Waals surface area contributed by atoms with E-state index in [0.717, 1.165) is 6.42 Å². The van der Waals surface area contributed by atoms with Crippen LogP contribution in [-0.2, 0) is 6.42 Å². The van der Waals surface area contributed by atoms with E-state index in [4.69, 9.17) is 0 Å².